The average Bonchev–Trinajstić information content (AvgIpc) is 3.03. The number of aromatic nitrogens is 3. The molecule has 1 amide bonds. The highest BCUT2D eigenvalue weighted by atomic mass is 16.2. The van der Waals surface area contributed by atoms with Gasteiger partial charge < -0.3 is 15.2 Å². The van der Waals surface area contributed by atoms with Gasteiger partial charge in [-0.15, -0.1) is 10.2 Å². The second-order valence-corrected chi connectivity index (χ2v) is 5.04. The number of nitrogens with two attached hydrogens (primary N) is 1. The number of carbonyl (C=O) groups excluding carboxylic acids is 1. The summed E-state index contributed by atoms with van der Waals surface area (Å²) in [5.74, 6) is 1.75. The van der Waals surface area contributed by atoms with E-state index in [1.165, 1.54) is 0 Å². The van der Waals surface area contributed by atoms with E-state index in [4.69, 9.17) is 5.73 Å². The van der Waals surface area contributed by atoms with E-state index < -0.39 is 0 Å². The zero-order valence-corrected chi connectivity index (χ0v) is 11.4. The number of rotatable bonds is 3. The molecule has 6 heteroatoms. The lowest BCUT2D eigenvalue weighted by Gasteiger charge is -2.17. The van der Waals surface area contributed by atoms with Gasteiger partial charge in [-0.25, -0.2) is 0 Å². The molecule has 6 nitrogen and oxygen atoms in total. The minimum atomic E-state index is -0.0987. The van der Waals surface area contributed by atoms with Crippen LogP contribution in [0.5, 0.6) is 0 Å². The lowest BCUT2D eigenvalue weighted by molar-refractivity contribution is 0.0781. The molecule has 2 heterocycles. The summed E-state index contributed by atoms with van der Waals surface area (Å²) in [6.07, 6.45) is 2.07. The van der Waals surface area contributed by atoms with Crippen molar-refractivity contribution in [1.82, 2.24) is 19.7 Å². The molecule has 0 radical (unpaired) electrons. The quantitative estimate of drug-likeness (QED) is 0.847. The first-order valence-corrected chi connectivity index (χ1v) is 6.67. The number of nitrogen functional groups attached to an aromatic ring is 1. The molecule has 2 aromatic rings. The monoisotopic (exact) mass is 271 g/mol. The van der Waals surface area contributed by atoms with Gasteiger partial charge in [0.15, 0.2) is 5.82 Å². The average molecular weight is 271 g/mol. The Labute approximate surface area is 117 Å². The SMILES string of the molecule is CN(Cc1nnc2n1CCC2)C(=O)c1ccccc1N. The molecule has 0 bridgehead atoms. The molecule has 0 spiro atoms. The predicted octanol–water partition coefficient (Wildman–Crippen LogP) is 1.08. The van der Waals surface area contributed by atoms with Gasteiger partial charge >= 0.3 is 0 Å². The molecular formula is C14H17N5O. The Morgan fingerprint density at radius 1 is 1.40 bits per heavy atom. The fourth-order valence-electron chi connectivity index (χ4n) is 2.51. The lowest BCUT2D eigenvalue weighted by Crippen LogP contribution is -2.28. The number of benzene rings is 1. The molecule has 0 saturated heterocycles. The van der Waals surface area contributed by atoms with E-state index >= 15 is 0 Å². The van der Waals surface area contributed by atoms with E-state index in [-0.39, 0.29) is 5.91 Å². The van der Waals surface area contributed by atoms with Crippen LogP contribution in [-0.4, -0.2) is 32.6 Å². The van der Waals surface area contributed by atoms with Gasteiger partial charge in [0.1, 0.15) is 5.82 Å². The van der Waals surface area contributed by atoms with Crippen LogP contribution in [0.2, 0.25) is 0 Å². The summed E-state index contributed by atoms with van der Waals surface area (Å²) in [6.45, 7) is 1.38. The molecule has 1 aromatic heterocycles. The van der Waals surface area contributed by atoms with E-state index in [1.54, 1.807) is 24.1 Å². The van der Waals surface area contributed by atoms with Crippen LogP contribution < -0.4 is 5.73 Å². The summed E-state index contributed by atoms with van der Waals surface area (Å²) >= 11 is 0. The fraction of sp³-hybridized carbons (Fsp3) is 0.357. The Bertz CT molecular complexity index is 649. The van der Waals surface area contributed by atoms with Gasteiger partial charge in [-0.3, -0.25) is 4.79 Å². The third-order valence-corrected chi connectivity index (χ3v) is 3.60. The van der Waals surface area contributed by atoms with Gasteiger partial charge in [0.25, 0.3) is 5.91 Å². The van der Waals surface area contributed by atoms with Crippen molar-refractivity contribution in [3.63, 3.8) is 0 Å². The topological polar surface area (TPSA) is 77.0 Å². The third-order valence-electron chi connectivity index (χ3n) is 3.60. The molecular weight excluding hydrogens is 254 g/mol. The van der Waals surface area contributed by atoms with Crippen LogP contribution in [0.1, 0.15) is 28.4 Å². The van der Waals surface area contributed by atoms with Gasteiger partial charge in [-0.2, -0.15) is 0 Å². The first-order chi connectivity index (χ1) is 9.66. The van der Waals surface area contributed by atoms with E-state index in [1.807, 2.05) is 12.1 Å². The van der Waals surface area contributed by atoms with Crippen molar-refractivity contribution >= 4 is 11.6 Å². The smallest absolute Gasteiger partial charge is 0.256 e. The number of anilines is 1. The maximum absolute atomic E-state index is 12.4. The molecule has 0 fully saturated rings. The number of hydrogen-bond acceptors (Lipinski definition) is 4. The molecule has 2 N–H and O–H groups in total. The van der Waals surface area contributed by atoms with Gasteiger partial charge in [-0.05, 0) is 18.6 Å². The Hall–Kier alpha value is -2.37. The second-order valence-electron chi connectivity index (χ2n) is 5.04. The molecule has 1 aliphatic heterocycles. The van der Waals surface area contributed by atoms with Crippen molar-refractivity contribution in [3.05, 3.63) is 41.5 Å². The van der Waals surface area contributed by atoms with E-state index in [2.05, 4.69) is 14.8 Å². The third kappa shape index (κ3) is 2.13. The van der Waals surface area contributed by atoms with E-state index in [0.29, 0.717) is 17.8 Å². The first kappa shape index (κ1) is 12.7. The first-order valence-electron chi connectivity index (χ1n) is 6.67. The maximum Gasteiger partial charge on any atom is 0.256 e. The van der Waals surface area contributed by atoms with Crippen LogP contribution in [0.3, 0.4) is 0 Å². The summed E-state index contributed by atoms with van der Waals surface area (Å²) in [7, 11) is 1.76. The number of fused-ring (bicyclic) bond motifs is 1. The van der Waals surface area contributed by atoms with Crippen molar-refractivity contribution in [2.45, 2.75) is 25.9 Å². The summed E-state index contributed by atoms with van der Waals surface area (Å²) in [5.41, 5.74) is 6.86. The Kier molecular flexibility index (Phi) is 3.14. The normalized spacial score (nSPS) is 13.2. The highest BCUT2D eigenvalue weighted by Gasteiger charge is 2.21. The van der Waals surface area contributed by atoms with Gasteiger partial charge in [0.2, 0.25) is 0 Å². The highest BCUT2D eigenvalue weighted by Crippen LogP contribution is 2.17. The van der Waals surface area contributed by atoms with Crippen molar-refractivity contribution in [2.24, 2.45) is 0 Å². The van der Waals surface area contributed by atoms with Gasteiger partial charge in [0, 0.05) is 25.7 Å². The fourth-order valence-corrected chi connectivity index (χ4v) is 2.51. The van der Waals surface area contributed by atoms with Crippen molar-refractivity contribution in [1.29, 1.82) is 0 Å². The molecule has 1 aliphatic rings. The summed E-state index contributed by atoms with van der Waals surface area (Å²) in [4.78, 5) is 14.0. The van der Waals surface area contributed by atoms with Crippen LogP contribution in [-0.2, 0) is 19.5 Å². The van der Waals surface area contributed by atoms with Crippen molar-refractivity contribution in [3.8, 4) is 0 Å². The van der Waals surface area contributed by atoms with E-state index in [0.717, 1.165) is 31.0 Å². The van der Waals surface area contributed by atoms with Crippen molar-refractivity contribution < 1.29 is 4.79 Å². The minimum Gasteiger partial charge on any atom is -0.398 e. The molecule has 1 aromatic carbocycles. The van der Waals surface area contributed by atoms with Gasteiger partial charge in [-0.1, -0.05) is 12.1 Å². The zero-order valence-electron chi connectivity index (χ0n) is 11.4. The molecule has 0 unspecified atom stereocenters. The molecule has 3 rings (SSSR count). The van der Waals surface area contributed by atoms with Crippen LogP contribution in [0.25, 0.3) is 0 Å². The number of carbonyl (C=O) groups is 1. The number of amides is 1. The zero-order chi connectivity index (χ0) is 14.1. The summed E-state index contributed by atoms with van der Waals surface area (Å²) in [5, 5.41) is 8.31. The largest absolute Gasteiger partial charge is 0.398 e. The predicted molar refractivity (Wildman–Crippen MR) is 75.0 cm³/mol. The number of nitrogens with zero attached hydrogens (tertiary/aromatic N) is 4. The number of para-hydroxylation sites is 1. The second kappa shape index (κ2) is 4.96. The summed E-state index contributed by atoms with van der Waals surface area (Å²) < 4.78 is 2.10. The molecule has 0 atom stereocenters. The minimum absolute atomic E-state index is 0.0987. The van der Waals surface area contributed by atoms with Crippen LogP contribution in [0.15, 0.2) is 24.3 Å². The summed E-state index contributed by atoms with van der Waals surface area (Å²) in [6, 6.07) is 7.10. The number of hydrogen-bond donors (Lipinski definition) is 1. The Balaban J connectivity index is 1.78. The molecule has 104 valence electrons. The molecule has 0 saturated carbocycles. The van der Waals surface area contributed by atoms with Crippen LogP contribution in [0, 0.1) is 0 Å². The highest BCUT2D eigenvalue weighted by molar-refractivity contribution is 5.98. The maximum atomic E-state index is 12.4. The van der Waals surface area contributed by atoms with Crippen LogP contribution >= 0.6 is 0 Å². The van der Waals surface area contributed by atoms with Crippen molar-refractivity contribution in [2.75, 3.05) is 12.8 Å². The van der Waals surface area contributed by atoms with Crippen LogP contribution in [0.4, 0.5) is 5.69 Å². The Morgan fingerprint density at radius 2 is 2.20 bits per heavy atom. The standard InChI is InChI=1S/C14H17N5O/c1-18(14(20)10-5-2-3-6-11(10)15)9-13-17-16-12-7-4-8-19(12)13/h2-3,5-6H,4,7-9,15H2,1H3. The van der Waals surface area contributed by atoms with E-state index in [9.17, 15) is 4.79 Å². The molecule has 20 heavy (non-hydrogen) atoms. The Morgan fingerprint density at radius 3 is 3.00 bits per heavy atom. The lowest BCUT2D eigenvalue weighted by atomic mass is 10.1. The van der Waals surface area contributed by atoms with Gasteiger partial charge in [0.05, 0.1) is 12.1 Å². The number of aryl methyl sites for hydroxylation is 1. The molecule has 0 aliphatic carbocycles.